The maximum atomic E-state index is 12.4. The summed E-state index contributed by atoms with van der Waals surface area (Å²) < 4.78 is 5.76. The number of amides is 1. The summed E-state index contributed by atoms with van der Waals surface area (Å²) in [4.78, 5) is 12.4. The lowest BCUT2D eigenvalue weighted by Gasteiger charge is -2.28. The Hall–Kier alpha value is -1.26. The van der Waals surface area contributed by atoms with Crippen LogP contribution in [0.3, 0.4) is 0 Å². The summed E-state index contributed by atoms with van der Waals surface area (Å²) in [6, 6.07) is 7.43. The van der Waals surface area contributed by atoms with Crippen LogP contribution in [0.5, 0.6) is 5.75 Å². The number of ether oxygens (including phenoxy) is 1. The molecule has 0 atom stereocenters. The smallest absolute Gasteiger partial charge is 0.231 e. The second-order valence-corrected chi connectivity index (χ2v) is 6.38. The molecular weight excluding hydrogens is 300 g/mol. The molecule has 0 unspecified atom stereocenters. The maximum absolute atomic E-state index is 12.4. The molecule has 0 aromatic heterocycles. The normalized spacial score (nSPS) is 11.5. The van der Waals surface area contributed by atoms with Gasteiger partial charge < -0.3 is 15.8 Å². The molecule has 1 rings (SSSR count). The molecule has 0 bridgehead atoms. The summed E-state index contributed by atoms with van der Waals surface area (Å²) in [5.74, 6) is 0.774. The summed E-state index contributed by atoms with van der Waals surface area (Å²) in [6.07, 6.45) is 1.47. The van der Waals surface area contributed by atoms with Gasteiger partial charge in [-0.1, -0.05) is 13.8 Å². The zero-order chi connectivity index (χ0) is 16.1. The van der Waals surface area contributed by atoms with E-state index in [-0.39, 0.29) is 23.9 Å². The lowest BCUT2D eigenvalue weighted by molar-refractivity contribution is -0.125. The largest absolute Gasteiger partial charge is 0.488 e. The van der Waals surface area contributed by atoms with E-state index in [0.29, 0.717) is 6.54 Å². The molecule has 4 nitrogen and oxygen atoms in total. The van der Waals surface area contributed by atoms with E-state index in [1.165, 1.54) is 0 Å². The van der Waals surface area contributed by atoms with Crippen LogP contribution in [-0.4, -0.2) is 18.1 Å². The number of nitrogens with one attached hydrogen (secondary N) is 1. The number of carbonyl (C=O) groups is 1. The van der Waals surface area contributed by atoms with Crippen molar-refractivity contribution < 1.29 is 9.53 Å². The van der Waals surface area contributed by atoms with Crippen molar-refractivity contribution in [3.05, 3.63) is 24.3 Å². The second-order valence-electron chi connectivity index (χ2n) is 6.38. The van der Waals surface area contributed by atoms with E-state index < -0.39 is 5.41 Å². The molecule has 22 heavy (non-hydrogen) atoms. The molecule has 0 spiro atoms. The number of rotatable bonds is 6. The van der Waals surface area contributed by atoms with Crippen molar-refractivity contribution in [2.45, 2.75) is 53.1 Å². The van der Waals surface area contributed by atoms with Gasteiger partial charge in [-0.15, -0.1) is 12.4 Å². The molecule has 5 heteroatoms. The maximum Gasteiger partial charge on any atom is 0.231 e. The fourth-order valence-electron chi connectivity index (χ4n) is 2.18. The first kappa shape index (κ1) is 20.7. The molecule has 0 aliphatic carbocycles. The van der Waals surface area contributed by atoms with Crippen molar-refractivity contribution in [2.75, 3.05) is 11.9 Å². The van der Waals surface area contributed by atoms with Crippen molar-refractivity contribution in [3.63, 3.8) is 0 Å². The molecule has 1 aromatic rings. The number of carbonyl (C=O) groups excluding carboxylic acids is 1. The summed E-state index contributed by atoms with van der Waals surface area (Å²) in [6.45, 7) is 10.4. The number of hydrogen-bond donors (Lipinski definition) is 2. The molecule has 0 aliphatic heterocycles. The van der Waals surface area contributed by atoms with Crippen LogP contribution in [0.15, 0.2) is 24.3 Å². The van der Waals surface area contributed by atoms with E-state index in [4.69, 9.17) is 10.5 Å². The van der Waals surface area contributed by atoms with Gasteiger partial charge in [0.25, 0.3) is 0 Å². The quantitative estimate of drug-likeness (QED) is 0.829. The van der Waals surface area contributed by atoms with E-state index >= 15 is 0 Å². The summed E-state index contributed by atoms with van der Waals surface area (Å²) in [5, 5.41) is 2.95. The van der Waals surface area contributed by atoms with Crippen LogP contribution in [-0.2, 0) is 4.79 Å². The lowest BCUT2D eigenvalue weighted by atomic mass is 9.81. The van der Waals surface area contributed by atoms with Crippen molar-refractivity contribution in [1.82, 2.24) is 0 Å². The van der Waals surface area contributed by atoms with E-state index in [2.05, 4.69) is 5.32 Å². The zero-order valence-corrected chi connectivity index (χ0v) is 15.0. The van der Waals surface area contributed by atoms with E-state index in [0.717, 1.165) is 24.3 Å². The fraction of sp³-hybridized carbons (Fsp3) is 0.588. The molecule has 0 radical (unpaired) electrons. The van der Waals surface area contributed by atoms with Crippen LogP contribution in [0.25, 0.3) is 0 Å². The highest BCUT2D eigenvalue weighted by Crippen LogP contribution is 2.27. The molecule has 1 aromatic carbocycles. The van der Waals surface area contributed by atoms with Crippen LogP contribution in [0.1, 0.15) is 47.5 Å². The third kappa shape index (κ3) is 5.50. The van der Waals surface area contributed by atoms with Gasteiger partial charge in [-0.05, 0) is 57.9 Å². The topological polar surface area (TPSA) is 64.4 Å². The molecule has 0 fully saturated rings. The van der Waals surface area contributed by atoms with Crippen molar-refractivity contribution in [1.29, 1.82) is 0 Å². The standard InChI is InChI=1S/C17H28N2O2.ClH/c1-6-17(7-2,12-18)15(20)19-13-8-10-14(11-9-13)21-16(3,4)5;/h8-11H,6-7,12,18H2,1-5H3,(H,19,20);1H. The van der Waals surface area contributed by atoms with Gasteiger partial charge in [0.15, 0.2) is 0 Å². The first-order chi connectivity index (χ1) is 9.76. The molecule has 0 saturated heterocycles. The molecule has 1 amide bonds. The Morgan fingerprint density at radius 1 is 1.14 bits per heavy atom. The third-order valence-corrected chi connectivity index (χ3v) is 3.76. The predicted octanol–water partition coefficient (Wildman–Crippen LogP) is 3.99. The van der Waals surface area contributed by atoms with E-state index in [9.17, 15) is 4.79 Å². The van der Waals surface area contributed by atoms with Gasteiger partial charge in [0.05, 0.1) is 5.41 Å². The minimum Gasteiger partial charge on any atom is -0.488 e. The fourth-order valence-corrected chi connectivity index (χ4v) is 2.18. The monoisotopic (exact) mass is 328 g/mol. The first-order valence-corrected chi connectivity index (χ1v) is 7.57. The minimum absolute atomic E-state index is 0. The highest BCUT2D eigenvalue weighted by Gasteiger charge is 2.33. The lowest BCUT2D eigenvalue weighted by Crippen LogP contribution is -2.41. The predicted molar refractivity (Wildman–Crippen MR) is 94.8 cm³/mol. The minimum atomic E-state index is -0.486. The summed E-state index contributed by atoms with van der Waals surface area (Å²) >= 11 is 0. The average Bonchev–Trinajstić information content (AvgIpc) is 2.42. The Labute approximate surface area is 140 Å². The molecule has 0 aliphatic rings. The number of hydrogen-bond acceptors (Lipinski definition) is 3. The SMILES string of the molecule is CCC(CC)(CN)C(=O)Nc1ccc(OC(C)(C)C)cc1.Cl. The molecule has 126 valence electrons. The Morgan fingerprint density at radius 2 is 1.64 bits per heavy atom. The van der Waals surface area contributed by atoms with E-state index in [1.807, 2.05) is 58.9 Å². The number of benzene rings is 1. The highest BCUT2D eigenvalue weighted by molar-refractivity contribution is 5.95. The molecule has 3 N–H and O–H groups in total. The van der Waals surface area contributed by atoms with Crippen molar-refractivity contribution in [3.8, 4) is 5.75 Å². The van der Waals surface area contributed by atoms with Gasteiger partial charge >= 0.3 is 0 Å². The number of halogens is 1. The van der Waals surface area contributed by atoms with Gasteiger partial charge in [-0.2, -0.15) is 0 Å². The van der Waals surface area contributed by atoms with Crippen LogP contribution < -0.4 is 15.8 Å². The number of anilines is 1. The van der Waals surface area contributed by atoms with Gasteiger partial charge in [0.2, 0.25) is 5.91 Å². The zero-order valence-electron chi connectivity index (χ0n) is 14.2. The summed E-state index contributed by atoms with van der Waals surface area (Å²) in [7, 11) is 0. The van der Waals surface area contributed by atoms with Crippen molar-refractivity contribution >= 4 is 24.0 Å². The Kier molecular flexibility index (Phi) is 7.91. The Morgan fingerprint density at radius 3 is 2.00 bits per heavy atom. The highest BCUT2D eigenvalue weighted by atomic mass is 35.5. The van der Waals surface area contributed by atoms with Gasteiger partial charge in [-0.3, -0.25) is 4.79 Å². The van der Waals surface area contributed by atoms with Crippen LogP contribution in [0, 0.1) is 5.41 Å². The van der Waals surface area contributed by atoms with Crippen LogP contribution in [0.2, 0.25) is 0 Å². The molecular formula is C17H29ClN2O2. The molecule has 0 saturated carbocycles. The molecule has 0 heterocycles. The van der Waals surface area contributed by atoms with Gasteiger partial charge in [0.1, 0.15) is 11.4 Å². The van der Waals surface area contributed by atoms with Gasteiger partial charge in [-0.25, -0.2) is 0 Å². The second kappa shape index (κ2) is 8.39. The van der Waals surface area contributed by atoms with Crippen molar-refractivity contribution in [2.24, 2.45) is 11.1 Å². The number of nitrogens with two attached hydrogens (primary N) is 1. The Bertz CT molecular complexity index is 454. The summed E-state index contributed by atoms with van der Waals surface area (Å²) in [5.41, 5.74) is 5.84. The third-order valence-electron chi connectivity index (χ3n) is 3.76. The van der Waals surface area contributed by atoms with E-state index in [1.54, 1.807) is 0 Å². The van der Waals surface area contributed by atoms with Crippen LogP contribution in [0.4, 0.5) is 5.69 Å². The van der Waals surface area contributed by atoms with Crippen LogP contribution >= 0.6 is 12.4 Å². The van der Waals surface area contributed by atoms with Gasteiger partial charge in [0, 0.05) is 12.2 Å². The first-order valence-electron chi connectivity index (χ1n) is 7.57. The Balaban J connectivity index is 0.00000441. The average molecular weight is 329 g/mol.